The monoisotopic (exact) mass is 459 g/mol. The molecule has 31 heavy (non-hydrogen) atoms. The fourth-order valence-corrected chi connectivity index (χ4v) is 4.40. The molecular weight excluding hydrogens is 438 g/mol. The highest BCUT2D eigenvalue weighted by Gasteiger charge is 2.40. The molecule has 0 aliphatic heterocycles. The number of nitrogens with one attached hydrogen (secondary N) is 1. The molecule has 0 saturated heterocycles. The van der Waals surface area contributed by atoms with E-state index >= 15 is 0 Å². The van der Waals surface area contributed by atoms with E-state index in [1.165, 1.54) is 29.9 Å². The molecule has 6 nitrogen and oxygen atoms in total. The van der Waals surface area contributed by atoms with Crippen molar-refractivity contribution in [1.82, 2.24) is 9.78 Å². The highest BCUT2D eigenvalue weighted by molar-refractivity contribution is 7.92. The maximum Gasteiger partial charge on any atom is 0.416 e. The van der Waals surface area contributed by atoms with Crippen LogP contribution in [-0.2, 0) is 21.7 Å². The van der Waals surface area contributed by atoms with Crippen LogP contribution in [0.5, 0.6) is 0 Å². The van der Waals surface area contributed by atoms with Crippen LogP contribution in [0.15, 0.2) is 42.6 Å². The molecule has 2 atom stereocenters. The van der Waals surface area contributed by atoms with Crippen molar-refractivity contribution in [3.63, 3.8) is 0 Å². The number of sulfonamides is 1. The quantitative estimate of drug-likeness (QED) is 0.544. The van der Waals surface area contributed by atoms with Crippen LogP contribution in [0.4, 0.5) is 23.2 Å². The van der Waals surface area contributed by atoms with E-state index in [2.05, 4.69) is 9.82 Å². The van der Waals surface area contributed by atoms with Crippen molar-refractivity contribution in [3.05, 3.63) is 59.5 Å². The van der Waals surface area contributed by atoms with Crippen molar-refractivity contribution < 1.29 is 31.1 Å². The standard InChI is InChI=1S/C20H21F4N3O3S/c1-4-19(12(2)28,13-5-7-14(8-6-13)20(22,23)24)27-18-10-15(21)9-17(16(18)11-25-27)26-31(3,29)30/h5-12,26,28H,4H2,1-3H3/t12?,19-/m0/s1. The first-order valence-corrected chi connectivity index (χ1v) is 11.2. The van der Waals surface area contributed by atoms with Gasteiger partial charge in [0.05, 0.1) is 35.3 Å². The van der Waals surface area contributed by atoms with Gasteiger partial charge in [0.15, 0.2) is 0 Å². The number of aliphatic hydroxyl groups is 1. The lowest BCUT2D eigenvalue weighted by Crippen LogP contribution is -2.45. The number of anilines is 1. The Morgan fingerprint density at radius 1 is 1.16 bits per heavy atom. The summed E-state index contributed by atoms with van der Waals surface area (Å²) in [5, 5.41) is 15.3. The van der Waals surface area contributed by atoms with Crippen LogP contribution in [0.1, 0.15) is 31.4 Å². The summed E-state index contributed by atoms with van der Waals surface area (Å²) in [5.74, 6) is -0.747. The topological polar surface area (TPSA) is 84.2 Å². The number of hydrogen-bond donors (Lipinski definition) is 2. The summed E-state index contributed by atoms with van der Waals surface area (Å²) in [4.78, 5) is 0. The van der Waals surface area contributed by atoms with Crippen LogP contribution in [0.3, 0.4) is 0 Å². The van der Waals surface area contributed by atoms with Crippen molar-refractivity contribution in [1.29, 1.82) is 0 Å². The van der Waals surface area contributed by atoms with Gasteiger partial charge in [0.25, 0.3) is 0 Å². The summed E-state index contributed by atoms with van der Waals surface area (Å²) in [5.41, 5.74) is -1.70. The number of halogens is 4. The van der Waals surface area contributed by atoms with Gasteiger partial charge in [-0.15, -0.1) is 0 Å². The van der Waals surface area contributed by atoms with E-state index in [0.29, 0.717) is 5.56 Å². The van der Waals surface area contributed by atoms with E-state index in [1.807, 2.05) is 0 Å². The molecule has 3 rings (SSSR count). The van der Waals surface area contributed by atoms with Crippen LogP contribution >= 0.6 is 0 Å². The van der Waals surface area contributed by atoms with E-state index in [4.69, 9.17) is 0 Å². The number of alkyl halides is 3. The van der Waals surface area contributed by atoms with Crippen molar-refractivity contribution in [2.24, 2.45) is 0 Å². The predicted octanol–water partition coefficient (Wildman–Crippen LogP) is 4.10. The average molecular weight is 459 g/mol. The summed E-state index contributed by atoms with van der Waals surface area (Å²) in [6.45, 7) is 3.18. The second kappa shape index (κ2) is 7.79. The lowest BCUT2D eigenvalue weighted by molar-refractivity contribution is -0.137. The van der Waals surface area contributed by atoms with Gasteiger partial charge >= 0.3 is 6.18 Å². The van der Waals surface area contributed by atoms with Crippen molar-refractivity contribution >= 4 is 26.6 Å². The van der Waals surface area contributed by atoms with Gasteiger partial charge in [-0.3, -0.25) is 9.40 Å². The van der Waals surface area contributed by atoms with E-state index in [0.717, 1.165) is 30.5 Å². The summed E-state index contributed by atoms with van der Waals surface area (Å²) < 4.78 is 80.2. The smallest absolute Gasteiger partial charge is 0.391 e. The third-order valence-corrected chi connectivity index (χ3v) is 5.86. The fourth-order valence-electron chi connectivity index (χ4n) is 3.83. The molecule has 0 radical (unpaired) electrons. The predicted molar refractivity (Wildman–Crippen MR) is 109 cm³/mol. The lowest BCUT2D eigenvalue weighted by atomic mass is 9.82. The molecule has 0 spiro atoms. The molecule has 0 aliphatic carbocycles. The Hall–Kier alpha value is -2.66. The van der Waals surface area contributed by atoms with Gasteiger partial charge in [0.2, 0.25) is 10.0 Å². The molecule has 168 valence electrons. The summed E-state index contributed by atoms with van der Waals surface area (Å²) in [7, 11) is -3.71. The second-order valence-electron chi connectivity index (χ2n) is 7.35. The first kappa shape index (κ1) is 23.0. The van der Waals surface area contributed by atoms with Gasteiger partial charge in [-0.25, -0.2) is 12.8 Å². The minimum Gasteiger partial charge on any atom is -0.391 e. The summed E-state index contributed by atoms with van der Waals surface area (Å²) >= 11 is 0. The zero-order valence-corrected chi connectivity index (χ0v) is 17.7. The minimum absolute atomic E-state index is 0.0354. The van der Waals surface area contributed by atoms with Crippen molar-refractivity contribution in [2.45, 2.75) is 38.1 Å². The first-order chi connectivity index (χ1) is 14.3. The Bertz CT molecular complexity index is 1200. The Morgan fingerprint density at radius 3 is 2.23 bits per heavy atom. The Labute approximate surface area is 176 Å². The number of hydrogen-bond acceptors (Lipinski definition) is 4. The maximum absolute atomic E-state index is 14.3. The number of fused-ring (bicyclic) bond motifs is 1. The molecule has 0 fully saturated rings. The highest BCUT2D eigenvalue weighted by Crippen LogP contribution is 2.39. The SMILES string of the molecule is CC[C@@](c1ccc(C(F)(F)F)cc1)(C(C)O)n1ncc2c(NS(C)(=O)=O)cc(F)cc21. The van der Waals surface area contributed by atoms with E-state index < -0.39 is 39.2 Å². The fraction of sp³-hybridized carbons (Fsp3) is 0.350. The van der Waals surface area contributed by atoms with Crippen LogP contribution in [0, 0.1) is 5.82 Å². The van der Waals surface area contributed by atoms with Gasteiger partial charge in [-0.2, -0.15) is 18.3 Å². The van der Waals surface area contributed by atoms with E-state index in [1.54, 1.807) is 6.92 Å². The molecule has 2 aromatic carbocycles. The zero-order chi connectivity index (χ0) is 23.2. The normalized spacial score (nSPS) is 15.6. The number of aromatic nitrogens is 2. The Kier molecular flexibility index (Phi) is 5.78. The van der Waals surface area contributed by atoms with Gasteiger partial charge in [-0.05, 0) is 43.2 Å². The van der Waals surface area contributed by atoms with Crippen LogP contribution in [-0.4, -0.2) is 35.7 Å². The number of nitrogens with zero attached hydrogens (tertiary/aromatic N) is 2. The molecule has 2 N–H and O–H groups in total. The third-order valence-electron chi connectivity index (χ3n) is 5.27. The van der Waals surface area contributed by atoms with Gasteiger partial charge < -0.3 is 5.11 Å². The zero-order valence-electron chi connectivity index (χ0n) is 16.9. The number of aliphatic hydroxyl groups excluding tert-OH is 1. The van der Waals surface area contributed by atoms with Gasteiger partial charge in [0.1, 0.15) is 11.4 Å². The molecule has 1 aromatic heterocycles. The number of rotatable bonds is 6. The lowest BCUT2D eigenvalue weighted by Gasteiger charge is -2.37. The second-order valence-corrected chi connectivity index (χ2v) is 9.09. The van der Waals surface area contributed by atoms with Crippen LogP contribution in [0.2, 0.25) is 0 Å². The average Bonchev–Trinajstić information content (AvgIpc) is 3.05. The molecule has 1 heterocycles. The Balaban J connectivity index is 2.27. The molecule has 0 saturated carbocycles. The molecule has 0 bridgehead atoms. The summed E-state index contributed by atoms with van der Waals surface area (Å²) in [6.07, 6.45) is -3.21. The van der Waals surface area contributed by atoms with Crippen LogP contribution in [0.25, 0.3) is 10.9 Å². The third kappa shape index (κ3) is 4.24. The molecule has 0 amide bonds. The molecule has 11 heteroatoms. The first-order valence-electron chi connectivity index (χ1n) is 9.31. The largest absolute Gasteiger partial charge is 0.416 e. The van der Waals surface area contributed by atoms with Crippen LogP contribution < -0.4 is 4.72 Å². The maximum atomic E-state index is 14.3. The Morgan fingerprint density at radius 2 is 1.74 bits per heavy atom. The minimum atomic E-state index is -4.52. The van der Waals surface area contributed by atoms with Gasteiger partial charge in [0, 0.05) is 5.39 Å². The molecule has 0 aliphatic rings. The highest BCUT2D eigenvalue weighted by atomic mass is 32.2. The number of benzene rings is 2. The van der Waals surface area contributed by atoms with E-state index in [-0.39, 0.29) is 23.0 Å². The van der Waals surface area contributed by atoms with Gasteiger partial charge in [-0.1, -0.05) is 19.1 Å². The molecular formula is C20H21F4N3O3S. The summed E-state index contributed by atoms with van der Waals surface area (Å²) in [6, 6.07) is 6.45. The van der Waals surface area contributed by atoms with Crippen molar-refractivity contribution in [3.8, 4) is 0 Å². The molecule has 1 unspecified atom stereocenters. The van der Waals surface area contributed by atoms with E-state index in [9.17, 15) is 31.1 Å². The van der Waals surface area contributed by atoms with Crippen molar-refractivity contribution in [2.75, 3.05) is 11.0 Å². The molecule has 3 aromatic rings.